The minimum absolute atomic E-state index is 0.420. The Bertz CT molecular complexity index is 75.5. The van der Waals surface area contributed by atoms with Crippen molar-refractivity contribution in [3.63, 3.8) is 0 Å². The molecule has 0 rings (SSSR count). The maximum Gasteiger partial charge on any atom is 0.157 e. The van der Waals surface area contributed by atoms with Gasteiger partial charge in [0.05, 0.1) is 0 Å². The Morgan fingerprint density at radius 1 is 1.00 bits per heavy atom. The summed E-state index contributed by atoms with van der Waals surface area (Å²) < 4.78 is 0. The molecule has 0 bridgehead atoms. The Hall–Kier alpha value is -0.0800. The first-order valence-corrected chi connectivity index (χ1v) is 1.88. The zero-order valence-electron chi connectivity index (χ0n) is 2.76. The summed E-state index contributed by atoms with van der Waals surface area (Å²) >= 11 is 9.68. The number of hydrogen-bond donors (Lipinski definition) is 2. The van der Waals surface area contributed by atoms with Crippen LogP contribution in [0, 0.1) is 10.8 Å². The van der Waals surface area contributed by atoms with Crippen molar-refractivity contribution >= 4 is 33.5 Å². The van der Waals surface area contributed by atoms with Crippen molar-refractivity contribution in [1.29, 1.82) is 10.8 Å². The zero-order chi connectivity index (χ0) is 5.15. The van der Waals surface area contributed by atoms with Crippen molar-refractivity contribution in [1.82, 2.24) is 0 Å². The second-order valence-electron chi connectivity index (χ2n) is 0.628. The number of nitrogens with one attached hydrogen (secondary N) is 2. The van der Waals surface area contributed by atoms with Crippen molar-refractivity contribution in [2.45, 2.75) is 0 Å². The largest absolute Gasteiger partial charge is 0.287 e. The molecule has 0 aromatic heterocycles. The summed E-state index contributed by atoms with van der Waals surface area (Å²) in [5.74, 6) is 0. The van der Waals surface area contributed by atoms with Gasteiger partial charge >= 0.3 is 0 Å². The molecule has 34 valence electrons. The molecule has 0 aliphatic carbocycles. The summed E-state index contributed by atoms with van der Waals surface area (Å²) in [6.07, 6.45) is 0. The summed E-state index contributed by atoms with van der Waals surface area (Å²) in [6.45, 7) is 0. The van der Waals surface area contributed by atoms with E-state index >= 15 is 0 Å². The van der Waals surface area contributed by atoms with E-state index in [1.165, 1.54) is 0 Å². The maximum absolute atomic E-state index is 6.36. The smallest absolute Gasteiger partial charge is 0.157 e. The van der Waals surface area contributed by atoms with Crippen LogP contribution in [0.3, 0.4) is 0 Å². The summed E-state index contributed by atoms with van der Waals surface area (Å²) in [4.78, 5) is 0. The Labute approximate surface area is 45.1 Å². The summed E-state index contributed by atoms with van der Waals surface area (Å²) in [6, 6.07) is 0. The molecule has 6 heavy (non-hydrogen) atoms. The third kappa shape index (κ3) is 2.18. The van der Waals surface area contributed by atoms with Crippen LogP contribution in [0.2, 0.25) is 0 Å². The van der Waals surface area contributed by atoms with Gasteiger partial charge in [-0.3, -0.25) is 10.8 Å². The quantitative estimate of drug-likeness (QED) is 0.498. The van der Waals surface area contributed by atoms with Gasteiger partial charge in [-0.15, -0.1) is 0 Å². The van der Waals surface area contributed by atoms with E-state index in [-0.39, 0.29) is 0 Å². The highest BCUT2D eigenvalue weighted by molar-refractivity contribution is 6.99. The second-order valence-corrected chi connectivity index (χ2v) is 1.38. The molecule has 4 heteroatoms. The highest BCUT2D eigenvalue weighted by Gasteiger charge is 1.90. The molecule has 0 unspecified atom stereocenters. The van der Waals surface area contributed by atoms with Gasteiger partial charge in [0, 0.05) is 0 Å². The van der Waals surface area contributed by atoms with E-state index in [1.807, 2.05) is 0 Å². The Morgan fingerprint density at radius 2 is 1.17 bits per heavy atom. The van der Waals surface area contributed by atoms with Crippen LogP contribution >= 0.6 is 23.2 Å². The second kappa shape index (κ2) is 2.16. The van der Waals surface area contributed by atoms with Crippen LogP contribution in [-0.4, -0.2) is 10.3 Å². The van der Waals surface area contributed by atoms with Gasteiger partial charge in [-0.05, 0) is 0 Å². The number of hydrogen-bond acceptors (Lipinski definition) is 2. The molecule has 0 amide bonds. The number of rotatable bonds is 1. The van der Waals surface area contributed by atoms with Crippen LogP contribution in [0.5, 0.6) is 0 Å². The van der Waals surface area contributed by atoms with Crippen LogP contribution in [0.15, 0.2) is 0 Å². The third-order valence-corrected chi connectivity index (χ3v) is 0.667. The molecule has 0 saturated carbocycles. The first kappa shape index (κ1) is 5.92. The van der Waals surface area contributed by atoms with Gasteiger partial charge in [-0.2, -0.15) is 0 Å². The molecule has 0 heterocycles. The fourth-order valence-corrected chi connectivity index (χ4v) is 0. The molecule has 0 atom stereocenters. The molecule has 0 saturated heterocycles. The molecule has 0 aromatic carbocycles. The summed E-state index contributed by atoms with van der Waals surface area (Å²) in [5, 5.41) is 11.9. The van der Waals surface area contributed by atoms with Crippen molar-refractivity contribution in [3.8, 4) is 0 Å². The van der Waals surface area contributed by atoms with Crippen LogP contribution in [0.25, 0.3) is 0 Å². The monoisotopic (exact) mass is 124 g/mol. The van der Waals surface area contributed by atoms with E-state index in [2.05, 4.69) is 0 Å². The van der Waals surface area contributed by atoms with Gasteiger partial charge in [0.1, 0.15) is 0 Å². The lowest BCUT2D eigenvalue weighted by molar-refractivity contribution is 1.53. The molecular formula is C2H2Cl2N2. The molecule has 0 spiro atoms. The van der Waals surface area contributed by atoms with Gasteiger partial charge in [0.25, 0.3) is 0 Å². The SMILES string of the molecule is N=C(Cl)C(=N)Cl. The van der Waals surface area contributed by atoms with Crippen molar-refractivity contribution < 1.29 is 0 Å². The van der Waals surface area contributed by atoms with Gasteiger partial charge in [0.15, 0.2) is 10.3 Å². The first-order valence-electron chi connectivity index (χ1n) is 1.13. The fraction of sp³-hybridized carbons (Fsp3) is 0. The van der Waals surface area contributed by atoms with Gasteiger partial charge in [-0.1, -0.05) is 23.2 Å². The third-order valence-electron chi connectivity index (χ3n) is 0.193. The molecule has 0 aromatic rings. The van der Waals surface area contributed by atoms with Crippen molar-refractivity contribution in [2.75, 3.05) is 0 Å². The lowest BCUT2D eigenvalue weighted by atomic mass is 10.8. The molecule has 2 nitrogen and oxygen atoms in total. The Kier molecular flexibility index (Phi) is 2.13. The van der Waals surface area contributed by atoms with E-state index < -0.39 is 10.3 Å². The van der Waals surface area contributed by atoms with Crippen LogP contribution in [0.4, 0.5) is 0 Å². The highest BCUT2D eigenvalue weighted by Crippen LogP contribution is 1.86. The molecule has 0 radical (unpaired) electrons. The minimum atomic E-state index is -0.420. The Morgan fingerprint density at radius 3 is 1.17 bits per heavy atom. The lowest BCUT2D eigenvalue weighted by Crippen LogP contribution is -1.91. The van der Waals surface area contributed by atoms with E-state index in [9.17, 15) is 0 Å². The molecule has 0 aliphatic heterocycles. The van der Waals surface area contributed by atoms with Crippen molar-refractivity contribution in [2.24, 2.45) is 0 Å². The van der Waals surface area contributed by atoms with Crippen LogP contribution in [0.1, 0.15) is 0 Å². The van der Waals surface area contributed by atoms with Crippen LogP contribution in [-0.2, 0) is 0 Å². The maximum atomic E-state index is 6.36. The van der Waals surface area contributed by atoms with Gasteiger partial charge < -0.3 is 0 Å². The summed E-state index contributed by atoms with van der Waals surface area (Å²) in [5.41, 5.74) is 0. The molecular weight excluding hydrogens is 123 g/mol. The zero-order valence-corrected chi connectivity index (χ0v) is 4.27. The lowest BCUT2D eigenvalue weighted by Gasteiger charge is -1.77. The molecule has 0 fully saturated rings. The average Bonchev–Trinajstić information content (AvgIpc) is 1.36. The predicted molar refractivity (Wildman–Crippen MR) is 27.2 cm³/mol. The predicted octanol–water partition coefficient (Wildman–Crippen LogP) is 1.42. The van der Waals surface area contributed by atoms with Crippen LogP contribution < -0.4 is 0 Å². The fourth-order valence-electron chi connectivity index (χ4n) is 0. The number of halogens is 2. The summed E-state index contributed by atoms with van der Waals surface area (Å²) in [7, 11) is 0. The topological polar surface area (TPSA) is 47.7 Å². The normalized spacial score (nSPS) is 7.67. The van der Waals surface area contributed by atoms with Gasteiger partial charge in [0.2, 0.25) is 0 Å². The molecule has 0 aliphatic rings. The molecule has 2 N–H and O–H groups in total. The minimum Gasteiger partial charge on any atom is -0.287 e. The van der Waals surface area contributed by atoms with E-state index in [4.69, 9.17) is 34.0 Å². The van der Waals surface area contributed by atoms with Crippen molar-refractivity contribution in [3.05, 3.63) is 0 Å². The Balaban J connectivity index is 3.57. The van der Waals surface area contributed by atoms with E-state index in [0.717, 1.165) is 0 Å². The van der Waals surface area contributed by atoms with Gasteiger partial charge in [-0.25, -0.2) is 0 Å². The highest BCUT2D eigenvalue weighted by atomic mass is 35.5. The van der Waals surface area contributed by atoms with E-state index in [1.54, 1.807) is 0 Å². The standard InChI is InChI=1S/C2H2Cl2N2/c3-1(5)2(4)6/h5-6H. The first-order chi connectivity index (χ1) is 2.64. The average molecular weight is 125 g/mol. The van der Waals surface area contributed by atoms with E-state index in [0.29, 0.717) is 0 Å².